The first-order valence-corrected chi connectivity index (χ1v) is 12.4. The minimum Gasteiger partial charge on any atom is -0.467 e. The van der Waals surface area contributed by atoms with E-state index in [1.54, 1.807) is 48.5 Å². The van der Waals surface area contributed by atoms with Gasteiger partial charge in [-0.1, -0.05) is 43.7 Å². The molecule has 1 aliphatic carbocycles. The molecule has 6 nitrogen and oxygen atoms in total. The molecule has 1 aromatic heterocycles. The molecule has 33 heavy (non-hydrogen) atoms. The van der Waals surface area contributed by atoms with Crippen molar-refractivity contribution < 1.29 is 17.6 Å². The first-order valence-electron chi connectivity index (χ1n) is 10.9. The summed E-state index contributed by atoms with van der Waals surface area (Å²) in [5.41, 5.74) is 3.02. The lowest BCUT2D eigenvalue weighted by molar-refractivity contribution is -0.118. The predicted molar refractivity (Wildman–Crippen MR) is 127 cm³/mol. The number of allylic oxidation sites excluding steroid dienone is 1. The first kappa shape index (κ1) is 21.5. The zero-order chi connectivity index (χ0) is 23.4. The molecule has 0 radical (unpaired) electrons. The average Bonchev–Trinajstić information content (AvgIpc) is 3.22. The van der Waals surface area contributed by atoms with E-state index >= 15 is 0 Å². The van der Waals surface area contributed by atoms with Crippen molar-refractivity contribution in [3.8, 4) is 0 Å². The van der Waals surface area contributed by atoms with E-state index in [-0.39, 0.29) is 16.1 Å². The molecule has 5 rings (SSSR count). The maximum absolute atomic E-state index is 14.2. The van der Waals surface area contributed by atoms with Gasteiger partial charge in [0.25, 0.3) is 10.0 Å². The van der Waals surface area contributed by atoms with E-state index in [4.69, 9.17) is 4.42 Å². The zero-order valence-electron chi connectivity index (χ0n) is 18.8. The van der Waals surface area contributed by atoms with E-state index < -0.39 is 16.1 Å². The van der Waals surface area contributed by atoms with Crippen LogP contribution in [0.15, 0.2) is 87.5 Å². The topological polar surface area (TPSA) is 79.6 Å². The lowest BCUT2D eigenvalue weighted by Gasteiger charge is -2.36. The van der Waals surface area contributed by atoms with Crippen molar-refractivity contribution in [3.63, 3.8) is 0 Å². The Kier molecular flexibility index (Phi) is 4.97. The number of aryl methyl sites for hydroxylation is 1. The van der Waals surface area contributed by atoms with E-state index in [2.05, 4.69) is 19.2 Å². The fraction of sp³-hybridized carbons (Fsp3) is 0.269. The summed E-state index contributed by atoms with van der Waals surface area (Å²) in [6.07, 6.45) is 2.46. The summed E-state index contributed by atoms with van der Waals surface area (Å²) in [5.74, 6) is 0.330. The molecule has 1 N–H and O–H groups in total. The van der Waals surface area contributed by atoms with Crippen LogP contribution >= 0.6 is 0 Å². The molecule has 1 aliphatic heterocycles. The fourth-order valence-electron chi connectivity index (χ4n) is 4.75. The number of anilines is 2. The van der Waals surface area contributed by atoms with Crippen LogP contribution in [0.25, 0.3) is 0 Å². The van der Waals surface area contributed by atoms with E-state index in [9.17, 15) is 13.2 Å². The van der Waals surface area contributed by atoms with Crippen LogP contribution in [0.5, 0.6) is 0 Å². The average molecular weight is 463 g/mol. The summed E-state index contributed by atoms with van der Waals surface area (Å²) in [6.45, 7) is 6.01. The molecule has 0 fully saturated rings. The Balaban J connectivity index is 1.82. The predicted octanol–water partition coefficient (Wildman–Crippen LogP) is 5.59. The van der Waals surface area contributed by atoms with Gasteiger partial charge in [0.05, 0.1) is 22.5 Å². The number of para-hydroxylation sites is 2. The van der Waals surface area contributed by atoms with Crippen LogP contribution in [0.2, 0.25) is 0 Å². The van der Waals surface area contributed by atoms with Gasteiger partial charge < -0.3 is 9.73 Å². The van der Waals surface area contributed by atoms with Crippen LogP contribution in [0, 0.1) is 12.3 Å². The Labute approximate surface area is 194 Å². The van der Waals surface area contributed by atoms with Gasteiger partial charge in [0.2, 0.25) is 0 Å². The van der Waals surface area contributed by atoms with Gasteiger partial charge >= 0.3 is 0 Å². The smallest absolute Gasteiger partial charge is 0.265 e. The molecule has 7 heteroatoms. The van der Waals surface area contributed by atoms with Gasteiger partial charge in [0.15, 0.2) is 5.78 Å². The molecular weight excluding hydrogens is 436 g/mol. The number of benzene rings is 2. The molecule has 170 valence electrons. The van der Waals surface area contributed by atoms with Crippen molar-refractivity contribution in [2.45, 2.75) is 44.6 Å². The summed E-state index contributed by atoms with van der Waals surface area (Å²) in [4.78, 5) is 13.7. The molecule has 0 spiro atoms. The van der Waals surface area contributed by atoms with Crippen molar-refractivity contribution in [2.75, 3.05) is 9.62 Å². The number of nitrogens with one attached hydrogen (secondary N) is 1. The molecule has 0 bridgehead atoms. The zero-order valence-corrected chi connectivity index (χ0v) is 19.6. The van der Waals surface area contributed by atoms with Crippen molar-refractivity contribution in [1.29, 1.82) is 0 Å². The van der Waals surface area contributed by atoms with Crippen molar-refractivity contribution in [2.24, 2.45) is 5.41 Å². The number of nitrogens with zero attached hydrogens (tertiary/aromatic N) is 1. The monoisotopic (exact) mass is 462 g/mol. The molecule has 0 saturated heterocycles. The standard InChI is InChI=1S/C26H26N2O4S/c1-17-10-12-18(13-11-17)33(30,31)28-21-8-5-4-7-19(21)27-20-15-26(2,3)16-22(29)24(20)25(28)23-9-6-14-32-23/h4-14,25,27H,15-16H2,1-3H3. The van der Waals surface area contributed by atoms with Gasteiger partial charge in [-0.15, -0.1) is 0 Å². The van der Waals surface area contributed by atoms with Gasteiger partial charge in [-0.2, -0.15) is 0 Å². The van der Waals surface area contributed by atoms with Crippen molar-refractivity contribution >= 4 is 27.2 Å². The molecule has 1 unspecified atom stereocenters. The number of fused-ring (bicyclic) bond motifs is 1. The second kappa shape index (κ2) is 7.63. The highest BCUT2D eigenvalue weighted by Gasteiger charge is 2.46. The Morgan fingerprint density at radius 1 is 1.00 bits per heavy atom. The summed E-state index contributed by atoms with van der Waals surface area (Å²) in [5, 5.41) is 3.41. The molecule has 2 aromatic carbocycles. The third-order valence-corrected chi connectivity index (χ3v) is 8.04. The van der Waals surface area contributed by atoms with Gasteiger partial charge in [-0.3, -0.25) is 4.79 Å². The van der Waals surface area contributed by atoms with Crippen LogP contribution in [-0.2, 0) is 14.8 Å². The summed E-state index contributed by atoms with van der Waals surface area (Å²) in [7, 11) is -4.05. The lowest BCUT2D eigenvalue weighted by Crippen LogP contribution is -2.39. The SMILES string of the molecule is Cc1ccc(S(=O)(=O)N2c3ccccc3NC3=C(C(=O)CC(C)(C)C3)C2c2ccco2)cc1. The number of Topliss-reactive ketones (excluding diaryl/α,β-unsaturated/α-hetero) is 1. The number of carbonyl (C=O) groups excluding carboxylic acids is 1. The Morgan fingerprint density at radius 3 is 2.42 bits per heavy atom. The largest absolute Gasteiger partial charge is 0.467 e. The molecule has 2 heterocycles. The van der Waals surface area contributed by atoms with Gasteiger partial charge in [0, 0.05) is 17.7 Å². The third-order valence-electron chi connectivity index (χ3n) is 6.25. The van der Waals surface area contributed by atoms with E-state index in [1.165, 1.54) is 10.6 Å². The molecule has 0 saturated carbocycles. The minimum absolute atomic E-state index is 0.0768. The third kappa shape index (κ3) is 3.66. The summed E-state index contributed by atoms with van der Waals surface area (Å²) < 4.78 is 35.4. The summed E-state index contributed by atoms with van der Waals surface area (Å²) in [6, 6.07) is 16.5. The maximum atomic E-state index is 14.2. The number of furan rings is 1. The summed E-state index contributed by atoms with van der Waals surface area (Å²) >= 11 is 0. The minimum atomic E-state index is -4.05. The second-order valence-electron chi connectivity index (χ2n) is 9.51. The Bertz CT molecular complexity index is 1350. The van der Waals surface area contributed by atoms with E-state index in [0.29, 0.717) is 35.5 Å². The number of rotatable bonds is 3. The molecule has 1 atom stereocenters. The maximum Gasteiger partial charge on any atom is 0.265 e. The number of ketones is 1. The molecule has 0 amide bonds. The molecule has 3 aromatic rings. The van der Waals surface area contributed by atoms with Crippen LogP contribution < -0.4 is 9.62 Å². The Hall–Kier alpha value is -3.32. The number of carbonyl (C=O) groups is 1. The van der Waals surface area contributed by atoms with Crippen molar-refractivity contribution in [1.82, 2.24) is 0 Å². The van der Waals surface area contributed by atoms with Crippen LogP contribution in [0.1, 0.15) is 44.1 Å². The lowest BCUT2D eigenvalue weighted by atomic mass is 9.74. The van der Waals surface area contributed by atoms with Crippen molar-refractivity contribution in [3.05, 3.63) is 89.5 Å². The highest BCUT2D eigenvalue weighted by molar-refractivity contribution is 7.92. The normalized spacial score (nSPS) is 20.0. The molecular formula is C26H26N2O4S. The Morgan fingerprint density at radius 2 is 1.73 bits per heavy atom. The highest BCUT2D eigenvalue weighted by Crippen LogP contribution is 2.50. The highest BCUT2D eigenvalue weighted by atomic mass is 32.2. The van der Waals surface area contributed by atoms with E-state index in [0.717, 1.165) is 11.3 Å². The van der Waals surface area contributed by atoms with Gasteiger partial charge in [-0.05, 0) is 55.2 Å². The quantitative estimate of drug-likeness (QED) is 0.549. The van der Waals surface area contributed by atoms with Crippen LogP contribution in [-0.4, -0.2) is 14.2 Å². The first-order chi connectivity index (χ1) is 15.7. The number of sulfonamides is 1. The van der Waals surface area contributed by atoms with Gasteiger partial charge in [-0.25, -0.2) is 12.7 Å². The number of hydrogen-bond donors (Lipinski definition) is 1. The fourth-order valence-corrected chi connectivity index (χ4v) is 6.36. The van der Waals surface area contributed by atoms with Gasteiger partial charge in [0.1, 0.15) is 11.8 Å². The van der Waals surface area contributed by atoms with Crippen LogP contribution in [0.3, 0.4) is 0 Å². The van der Waals surface area contributed by atoms with E-state index in [1.807, 2.05) is 19.1 Å². The molecule has 2 aliphatic rings. The van der Waals surface area contributed by atoms with Crippen LogP contribution in [0.4, 0.5) is 11.4 Å². The second-order valence-corrected chi connectivity index (χ2v) is 11.3. The number of hydrogen-bond acceptors (Lipinski definition) is 5.